The van der Waals surface area contributed by atoms with Crippen LogP contribution in [0.25, 0.3) is 0 Å². The number of hydrogen-bond donors (Lipinski definition) is 2. The van der Waals surface area contributed by atoms with Crippen molar-refractivity contribution in [3.05, 3.63) is 0 Å². The van der Waals surface area contributed by atoms with Crippen LogP contribution in [0.2, 0.25) is 0 Å². The smallest absolute Gasteiger partial charge is 0.313 e. The van der Waals surface area contributed by atoms with Gasteiger partial charge in [0.25, 0.3) is 0 Å². The van der Waals surface area contributed by atoms with Crippen LogP contribution in [0.1, 0.15) is 33.1 Å². The van der Waals surface area contributed by atoms with Gasteiger partial charge < -0.3 is 15.4 Å². The van der Waals surface area contributed by atoms with Gasteiger partial charge >= 0.3 is 5.97 Å². The second kappa shape index (κ2) is 9.06. The predicted molar refractivity (Wildman–Crippen MR) is 71.7 cm³/mol. The molecule has 0 aliphatic rings. The van der Waals surface area contributed by atoms with Crippen LogP contribution in [-0.4, -0.2) is 43.8 Å². The normalized spacial score (nSPS) is 13.0. The number of rotatable bonds is 8. The molecular formula is C13H22N2O5. The van der Waals surface area contributed by atoms with Crippen LogP contribution in [0.15, 0.2) is 0 Å². The summed E-state index contributed by atoms with van der Waals surface area (Å²) in [6.07, 6.45) is -0.902. The molecule has 0 saturated heterocycles. The monoisotopic (exact) mass is 286 g/mol. The Bertz CT molecular complexity index is 381. The van der Waals surface area contributed by atoms with E-state index in [9.17, 15) is 19.2 Å². The third-order valence-electron chi connectivity index (χ3n) is 2.72. The van der Waals surface area contributed by atoms with E-state index in [1.54, 1.807) is 13.8 Å². The Morgan fingerprint density at radius 1 is 0.950 bits per heavy atom. The summed E-state index contributed by atoms with van der Waals surface area (Å²) in [5.74, 6) is -2.09. The minimum absolute atomic E-state index is 0.0381. The van der Waals surface area contributed by atoms with E-state index < -0.39 is 24.4 Å². The Labute approximate surface area is 118 Å². The highest BCUT2D eigenvalue weighted by Crippen LogP contribution is 2.08. The Hall–Kier alpha value is -1.92. The zero-order chi connectivity index (χ0) is 15.7. The molecule has 2 N–H and O–H groups in total. The van der Waals surface area contributed by atoms with Gasteiger partial charge in [0, 0.05) is 26.4 Å². The van der Waals surface area contributed by atoms with Gasteiger partial charge in [-0.25, -0.2) is 0 Å². The molecule has 0 saturated carbocycles. The van der Waals surface area contributed by atoms with E-state index in [-0.39, 0.29) is 30.4 Å². The number of carbonyl (C=O) groups is 4. The van der Waals surface area contributed by atoms with Crippen molar-refractivity contribution in [3.8, 4) is 0 Å². The summed E-state index contributed by atoms with van der Waals surface area (Å²) in [5, 5.41) is 4.83. The van der Waals surface area contributed by atoms with Crippen LogP contribution < -0.4 is 10.6 Å². The lowest BCUT2D eigenvalue weighted by molar-refractivity contribution is -0.151. The van der Waals surface area contributed by atoms with Crippen molar-refractivity contribution in [1.29, 1.82) is 0 Å². The summed E-state index contributed by atoms with van der Waals surface area (Å²) in [4.78, 5) is 45.4. The molecule has 0 rings (SSSR count). The number of hydrogen-bond acceptors (Lipinski definition) is 5. The average molecular weight is 286 g/mol. The molecule has 2 atom stereocenters. The highest BCUT2D eigenvalue weighted by molar-refractivity contribution is 5.98. The lowest BCUT2D eigenvalue weighted by Gasteiger charge is -2.13. The predicted octanol–water partition coefficient (Wildman–Crippen LogP) is -0.214. The van der Waals surface area contributed by atoms with Crippen LogP contribution >= 0.6 is 0 Å². The Balaban J connectivity index is 4.16. The summed E-state index contributed by atoms with van der Waals surface area (Å²) in [7, 11) is 2.97. The first-order chi connectivity index (χ1) is 9.29. The topological polar surface area (TPSA) is 102 Å². The lowest BCUT2D eigenvalue weighted by atomic mass is 10.00. The minimum Gasteiger partial charge on any atom is -0.462 e. The van der Waals surface area contributed by atoms with Gasteiger partial charge in [0.1, 0.15) is 18.3 Å². The van der Waals surface area contributed by atoms with E-state index in [1.165, 1.54) is 14.1 Å². The van der Waals surface area contributed by atoms with E-state index >= 15 is 0 Å². The van der Waals surface area contributed by atoms with Crippen molar-refractivity contribution in [2.75, 3.05) is 14.1 Å². The Morgan fingerprint density at radius 2 is 1.45 bits per heavy atom. The van der Waals surface area contributed by atoms with Gasteiger partial charge in [0.2, 0.25) is 11.8 Å². The fourth-order valence-electron chi connectivity index (χ4n) is 1.48. The zero-order valence-corrected chi connectivity index (χ0v) is 12.3. The molecule has 0 aromatic carbocycles. The molecule has 2 unspecified atom stereocenters. The van der Waals surface area contributed by atoms with E-state index in [0.717, 1.165) is 0 Å². The van der Waals surface area contributed by atoms with E-state index in [2.05, 4.69) is 10.6 Å². The van der Waals surface area contributed by atoms with Crippen LogP contribution in [-0.2, 0) is 23.9 Å². The second-order valence-electron chi connectivity index (χ2n) is 4.60. The molecule has 0 fully saturated rings. The fourth-order valence-corrected chi connectivity index (χ4v) is 1.48. The Morgan fingerprint density at radius 3 is 1.95 bits per heavy atom. The van der Waals surface area contributed by atoms with Crippen LogP contribution in [0.4, 0.5) is 0 Å². The van der Waals surface area contributed by atoms with Gasteiger partial charge in [-0.2, -0.15) is 0 Å². The van der Waals surface area contributed by atoms with Crippen molar-refractivity contribution in [3.63, 3.8) is 0 Å². The first-order valence-electron chi connectivity index (χ1n) is 6.43. The van der Waals surface area contributed by atoms with E-state index in [0.29, 0.717) is 0 Å². The Kier molecular flexibility index (Phi) is 8.19. The zero-order valence-electron chi connectivity index (χ0n) is 12.3. The van der Waals surface area contributed by atoms with Crippen molar-refractivity contribution in [1.82, 2.24) is 10.6 Å². The van der Waals surface area contributed by atoms with Gasteiger partial charge in [-0.1, -0.05) is 6.92 Å². The van der Waals surface area contributed by atoms with E-state index in [1.807, 2.05) is 0 Å². The van der Waals surface area contributed by atoms with Crippen LogP contribution in [0, 0.1) is 5.92 Å². The molecule has 0 aliphatic carbocycles. The molecule has 0 radical (unpaired) electrons. The maximum Gasteiger partial charge on any atom is 0.313 e. The number of ketones is 1. The third-order valence-corrected chi connectivity index (χ3v) is 2.72. The lowest BCUT2D eigenvalue weighted by Crippen LogP contribution is -2.28. The maximum absolute atomic E-state index is 11.7. The molecule has 2 amide bonds. The van der Waals surface area contributed by atoms with Gasteiger partial charge in [-0.05, 0) is 6.92 Å². The summed E-state index contributed by atoms with van der Waals surface area (Å²) >= 11 is 0. The summed E-state index contributed by atoms with van der Waals surface area (Å²) in [6.45, 7) is 3.16. The summed E-state index contributed by atoms with van der Waals surface area (Å²) in [5.41, 5.74) is 0. The first kappa shape index (κ1) is 18.1. The molecule has 20 heavy (non-hydrogen) atoms. The highest BCUT2D eigenvalue weighted by atomic mass is 16.5. The largest absolute Gasteiger partial charge is 0.462 e. The maximum atomic E-state index is 11.7. The number of esters is 1. The molecule has 0 heterocycles. The fraction of sp³-hybridized carbons (Fsp3) is 0.692. The quantitative estimate of drug-likeness (QED) is 0.475. The second-order valence-corrected chi connectivity index (χ2v) is 4.60. The highest BCUT2D eigenvalue weighted by Gasteiger charge is 2.21. The molecule has 0 spiro atoms. The van der Waals surface area contributed by atoms with Gasteiger partial charge in [-0.3, -0.25) is 19.2 Å². The van der Waals surface area contributed by atoms with Gasteiger partial charge in [0.05, 0.1) is 6.42 Å². The molecule has 7 heteroatoms. The van der Waals surface area contributed by atoms with Crippen molar-refractivity contribution >= 4 is 23.6 Å². The SMILES string of the molecule is CNC(=O)CC(C)OC(=O)CC(=O)C(C)CC(=O)NC. The number of ether oxygens (including phenoxy) is 1. The third kappa shape index (κ3) is 7.50. The molecule has 0 aromatic heterocycles. The molecule has 0 bridgehead atoms. The standard InChI is InChI=1S/C13H22N2O5/c1-8(5-11(17)14-3)10(16)7-13(19)20-9(2)6-12(18)15-4/h8-9H,5-7H2,1-4H3,(H,14,17)(H,15,18). The molecule has 0 aliphatic heterocycles. The van der Waals surface area contributed by atoms with Crippen molar-refractivity contribution < 1.29 is 23.9 Å². The molecule has 7 nitrogen and oxygen atoms in total. The number of nitrogens with one attached hydrogen (secondary N) is 2. The minimum atomic E-state index is -0.685. The number of amides is 2. The molecule has 114 valence electrons. The molecule has 0 aromatic rings. The van der Waals surface area contributed by atoms with Crippen LogP contribution in [0.5, 0.6) is 0 Å². The van der Waals surface area contributed by atoms with Crippen molar-refractivity contribution in [2.45, 2.75) is 39.2 Å². The average Bonchev–Trinajstić information content (AvgIpc) is 2.37. The number of Topliss-reactive ketones (excluding diaryl/α,β-unsaturated/α-hetero) is 1. The van der Waals surface area contributed by atoms with Crippen LogP contribution in [0.3, 0.4) is 0 Å². The van der Waals surface area contributed by atoms with E-state index in [4.69, 9.17) is 4.74 Å². The first-order valence-corrected chi connectivity index (χ1v) is 6.43. The number of carbonyl (C=O) groups excluding carboxylic acids is 4. The van der Waals surface area contributed by atoms with Crippen molar-refractivity contribution in [2.24, 2.45) is 5.92 Å². The summed E-state index contributed by atoms with van der Waals surface area (Å²) < 4.78 is 4.95. The van der Waals surface area contributed by atoms with Gasteiger partial charge in [-0.15, -0.1) is 0 Å². The molecular weight excluding hydrogens is 264 g/mol. The summed E-state index contributed by atoms with van der Waals surface area (Å²) in [6, 6.07) is 0. The van der Waals surface area contributed by atoms with Gasteiger partial charge in [0.15, 0.2) is 0 Å².